The summed E-state index contributed by atoms with van der Waals surface area (Å²) in [5.74, 6) is 0.860. The van der Waals surface area contributed by atoms with Crippen LogP contribution in [0.2, 0.25) is 0 Å². The van der Waals surface area contributed by atoms with E-state index >= 15 is 0 Å². The molecule has 2 aliphatic heterocycles. The van der Waals surface area contributed by atoms with Crippen molar-refractivity contribution in [2.75, 3.05) is 13.2 Å². The van der Waals surface area contributed by atoms with Gasteiger partial charge in [-0.2, -0.15) is 19.1 Å². The van der Waals surface area contributed by atoms with E-state index in [1.165, 1.54) is 0 Å². The predicted octanol–water partition coefficient (Wildman–Crippen LogP) is 2.27. The van der Waals surface area contributed by atoms with Crippen molar-refractivity contribution < 1.29 is 27.8 Å². The molecule has 0 radical (unpaired) electrons. The van der Waals surface area contributed by atoms with Crippen LogP contribution in [0.5, 0.6) is 11.6 Å². The van der Waals surface area contributed by atoms with Crippen LogP contribution in [-0.2, 0) is 17.7 Å². The number of nitrogens with one attached hydrogen (secondary N) is 1. The van der Waals surface area contributed by atoms with Crippen molar-refractivity contribution in [1.82, 2.24) is 15.1 Å². The molecule has 4 rings (SSSR count). The Morgan fingerprint density at radius 3 is 3.07 bits per heavy atom. The molecule has 8 nitrogen and oxygen atoms in total. The smallest absolute Gasteiger partial charge is 0.345 e. The summed E-state index contributed by atoms with van der Waals surface area (Å²) < 4.78 is 41.2. The summed E-state index contributed by atoms with van der Waals surface area (Å²) in [4.78, 5) is 12.6. The number of fused-ring (bicyclic) bond motifs is 2. The van der Waals surface area contributed by atoms with Crippen molar-refractivity contribution in [2.24, 2.45) is 0 Å². The van der Waals surface area contributed by atoms with Gasteiger partial charge in [-0.15, -0.1) is 0 Å². The van der Waals surface area contributed by atoms with Crippen molar-refractivity contribution in [1.29, 1.82) is 5.26 Å². The quantitative estimate of drug-likeness (QED) is 0.693. The maximum Gasteiger partial charge on any atom is 0.345 e. The molecular formula is C20H20F2N4O4. The number of carbonyl (C=O) groups is 1. The van der Waals surface area contributed by atoms with Crippen molar-refractivity contribution in [3.05, 3.63) is 41.1 Å². The van der Waals surface area contributed by atoms with Crippen molar-refractivity contribution in [2.45, 2.75) is 44.6 Å². The zero-order valence-electron chi connectivity index (χ0n) is 16.0. The van der Waals surface area contributed by atoms with Gasteiger partial charge in [0.2, 0.25) is 5.88 Å². The van der Waals surface area contributed by atoms with Gasteiger partial charge in [0.25, 0.3) is 5.91 Å². The second-order valence-electron chi connectivity index (χ2n) is 7.18. The zero-order valence-corrected chi connectivity index (χ0v) is 16.0. The lowest BCUT2D eigenvalue weighted by Crippen LogP contribution is -2.43. The summed E-state index contributed by atoms with van der Waals surface area (Å²) in [5, 5.41) is 16.2. The first kappa shape index (κ1) is 20.1. The molecule has 2 aliphatic rings. The fraction of sp³-hybridized carbons (Fsp3) is 0.450. The Hall–Kier alpha value is -3.19. The lowest BCUT2D eigenvalue weighted by atomic mass is 10.0. The molecule has 0 spiro atoms. The van der Waals surface area contributed by atoms with Crippen LogP contribution >= 0.6 is 0 Å². The molecule has 30 heavy (non-hydrogen) atoms. The lowest BCUT2D eigenvalue weighted by Gasteiger charge is -2.26. The first-order valence-electron chi connectivity index (χ1n) is 9.63. The highest BCUT2D eigenvalue weighted by Crippen LogP contribution is 2.27. The fourth-order valence-corrected chi connectivity index (χ4v) is 3.59. The number of nitrogens with zero attached hydrogens (tertiary/aromatic N) is 3. The van der Waals surface area contributed by atoms with Gasteiger partial charge in [-0.1, -0.05) is 0 Å². The Bertz CT molecular complexity index is 949. The lowest BCUT2D eigenvalue weighted by molar-refractivity contribution is -0.130. The maximum absolute atomic E-state index is 12.6. The molecule has 10 heteroatoms. The van der Waals surface area contributed by atoms with Crippen LogP contribution in [0, 0.1) is 11.3 Å². The summed E-state index contributed by atoms with van der Waals surface area (Å²) in [6.07, 6.45) is 1.39. The summed E-state index contributed by atoms with van der Waals surface area (Å²) >= 11 is 0. The molecule has 2 aromatic rings. The number of amides is 1. The van der Waals surface area contributed by atoms with Crippen molar-refractivity contribution in [3.63, 3.8) is 0 Å². The molecular weight excluding hydrogens is 398 g/mol. The number of halogens is 2. The van der Waals surface area contributed by atoms with Gasteiger partial charge in [0.1, 0.15) is 18.5 Å². The van der Waals surface area contributed by atoms with E-state index in [1.807, 2.05) is 0 Å². The SMILES string of the molecule is N#Cc1ccc2c(c1)C[C@@H](NC(=O)c1cc3n(n1)C[C@H](CCCOC(F)F)O3)CO2. The summed E-state index contributed by atoms with van der Waals surface area (Å²) in [6, 6.07) is 8.65. The molecule has 1 amide bonds. The normalized spacial score (nSPS) is 19.4. The van der Waals surface area contributed by atoms with Crippen LogP contribution in [-0.4, -0.2) is 47.7 Å². The van der Waals surface area contributed by atoms with Gasteiger partial charge in [-0.3, -0.25) is 4.79 Å². The fourth-order valence-electron chi connectivity index (χ4n) is 3.59. The highest BCUT2D eigenvalue weighted by atomic mass is 19.3. The second-order valence-corrected chi connectivity index (χ2v) is 7.18. The largest absolute Gasteiger partial charge is 0.491 e. The van der Waals surface area contributed by atoms with E-state index in [9.17, 15) is 13.6 Å². The molecule has 1 N–H and O–H groups in total. The third kappa shape index (κ3) is 4.52. The highest BCUT2D eigenvalue weighted by molar-refractivity contribution is 5.92. The average molecular weight is 418 g/mol. The molecule has 0 saturated carbocycles. The van der Waals surface area contributed by atoms with E-state index in [0.29, 0.717) is 43.9 Å². The molecule has 0 bridgehead atoms. The second kappa shape index (κ2) is 8.67. The van der Waals surface area contributed by atoms with Gasteiger partial charge in [-0.05, 0) is 43.0 Å². The van der Waals surface area contributed by atoms with E-state index in [1.54, 1.807) is 28.9 Å². The maximum atomic E-state index is 12.6. The summed E-state index contributed by atoms with van der Waals surface area (Å²) in [6.45, 7) is -2.01. The monoisotopic (exact) mass is 418 g/mol. The van der Waals surface area contributed by atoms with Gasteiger partial charge in [0.15, 0.2) is 5.69 Å². The highest BCUT2D eigenvalue weighted by Gasteiger charge is 2.28. The van der Waals surface area contributed by atoms with Gasteiger partial charge < -0.3 is 19.5 Å². The van der Waals surface area contributed by atoms with E-state index < -0.39 is 6.61 Å². The number of hydrogen-bond donors (Lipinski definition) is 1. The average Bonchev–Trinajstić information content (AvgIpc) is 3.29. The minimum Gasteiger partial charge on any atom is -0.491 e. The Morgan fingerprint density at radius 2 is 2.30 bits per heavy atom. The Morgan fingerprint density at radius 1 is 1.43 bits per heavy atom. The van der Waals surface area contributed by atoms with Crippen LogP contribution < -0.4 is 14.8 Å². The van der Waals surface area contributed by atoms with Crippen LogP contribution in [0.1, 0.15) is 34.5 Å². The van der Waals surface area contributed by atoms with E-state index in [2.05, 4.69) is 21.2 Å². The topological polar surface area (TPSA) is 98.4 Å². The number of nitriles is 1. The minimum absolute atomic E-state index is 0.0318. The van der Waals surface area contributed by atoms with Crippen molar-refractivity contribution >= 4 is 5.91 Å². The standard InChI is InChI=1S/C20H20F2N4O4/c21-20(22)28-5-1-2-15-10-26-18(30-15)8-16(25-26)19(27)24-14-7-13-6-12(9-23)3-4-17(13)29-11-14/h3-4,6,8,14-15,20H,1-2,5,7,10-11H2,(H,24,27)/t14-,15+/m1/s1. The first-order chi connectivity index (χ1) is 14.5. The number of carbonyl (C=O) groups excluding carboxylic acids is 1. The molecule has 3 heterocycles. The molecule has 0 aliphatic carbocycles. The molecule has 2 atom stereocenters. The number of aromatic nitrogens is 2. The van der Waals surface area contributed by atoms with E-state index in [0.717, 1.165) is 11.3 Å². The van der Waals surface area contributed by atoms with Crippen LogP contribution in [0.4, 0.5) is 8.78 Å². The number of benzene rings is 1. The number of ether oxygens (including phenoxy) is 3. The van der Waals surface area contributed by atoms with Crippen LogP contribution in [0.25, 0.3) is 0 Å². The van der Waals surface area contributed by atoms with E-state index in [-0.39, 0.29) is 30.4 Å². The third-order valence-electron chi connectivity index (χ3n) is 4.99. The first-order valence-corrected chi connectivity index (χ1v) is 9.63. The van der Waals surface area contributed by atoms with E-state index in [4.69, 9.17) is 14.7 Å². The Labute approximate surface area is 171 Å². The van der Waals surface area contributed by atoms with Gasteiger partial charge >= 0.3 is 6.61 Å². The molecule has 0 unspecified atom stereocenters. The molecule has 1 aromatic carbocycles. The molecule has 1 aromatic heterocycles. The number of alkyl halides is 2. The van der Waals surface area contributed by atoms with Crippen LogP contribution in [0.3, 0.4) is 0 Å². The molecule has 0 saturated heterocycles. The predicted molar refractivity (Wildman–Crippen MR) is 99.4 cm³/mol. The zero-order chi connectivity index (χ0) is 21.1. The van der Waals surface area contributed by atoms with Crippen LogP contribution in [0.15, 0.2) is 24.3 Å². The third-order valence-corrected chi connectivity index (χ3v) is 4.99. The number of rotatable bonds is 7. The van der Waals surface area contributed by atoms with Gasteiger partial charge in [0.05, 0.1) is 30.8 Å². The minimum atomic E-state index is -2.76. The molecule has 158 valence electrons. The van der Waals surface area contributed by atoms with Gasteiger partial charge in [-0.25, -0.2) is 4.68 Å². The summed E-state index contributed by atoms with van der Waals surface area (Å²) in [5.41, 5.74) is 1.66. The molecule has 0 fully saturated rings. The van der Waals surface area contributed by atoms with Crippen molar-refractivity contribution in [3.8, 4) is 17.7 Å². The Kier molecular flexibility index (Phi) is 5.81. The Balaban J connectivity index is 1.29. The van der Waals surface area contributed by atoms with Gasteiger partial charge in [0, 0.05) is 6.07 Å². The number of hydrogen-bond acceptors (Lipinski definition) is 6. The summed E-state index contributed by atoms with van der Waals surface area (Å²) in [7, 11) is 0.